The highest BCUT2D eigenvalue weighted by molar-refractivity contribution is 6.33. The van der Waals surface area contributed by atoms with E-state index >= 15 is 0 Å². The Bertz CT molecular complexity index is 833. The molecule has 2 aromatic heterocycles. The molecule has 1 amide bonds. The minimum absolute atomic E-state index is 0.172. The zero-order chi connectivity index (χ0) is 15.5. The highest BCUT2D eigenvalue weighted by Gasteiger charge is 2.12. The van der Waals surface area contributed by atoms with Crippen molar-refractivity contribution in [3.05, 3.63) is 52.8 Å². The van der Waals surface area contributed by atoms with Crippen molar-refractivity contribution in [1.29, 1.82) is 0 Å². The fourth-order valence-corrected chi connectivity index (χ4v) is 2.16. The predicted octanol–water partition coefficient (Wildman–Crippen LogP) is 1.72. The number of ether oxygens (including phenoxy) is 1. The first-order valence-electron chi connectivity index (χ1n) is 6.47. The summed E-state index contributed by atoms with van der Waals surface area (Å²) < 4.78 is 6.58. The van der Waals surface area contributed by atoms with E-state index in [-0.39, 0.29) is 12.5 Å². The summed E-state index contributed by atoms with van der Waals surface area (Å²) in [6.07, 6.45) is 0. The quantitative estimate of drug-likeness (QED) is 0.792. The van der Waals surface area contributed by atoms with E-state index in [9.17, 15) is 4.79 Å². The second kappa shape index (κ2) is 5.98. The Balaban J connectivity index is 1.79. The lowest BCUT2D eigenvalue weighted by Gasteiger charge is -2.05. The summed E-state index contributed by atoms with van der Waals surface area (Å²) in [5, 5.41) is 15.3. The Morgan fingerprint density at radius 3 is 2.86 bits per heavy atom. The van der Waals surface area contributed by atoms with Crippen LogP contribution >= 0.6 is 11.6 Å². The minimum Gasteiger partial charge on any atom is -0.480 e. The lowest BCUT2D eigenvalue weighted by molar-refractivity contribution is 0.0950. The lowest BCUT2D eigenvalue weighted by Crippen LogP contribution is -2.24. The van der Waals surface area contributed by atoms with Crippen molar-refractivity contribution in [1.82, 2.24) is 25.1 Å². The van der Waals surface area contributed by atoms with Crippen LogP contribution < -0.4 is 10.1 Å². The normalized spacial score (nSPS) is 10.6. The number of hydrogen-bond donors (Lipinski definition) is 1. The van der Waals surface area contributed by atoms with Crippen LogP contribution in [-0.4, -0.2) is 32.8 Å². The van der Waals surface area contributed by atoms with Gasteiger partial charge in [0, 0.05) is 6.07 Å². The maximum absolute atomic E-state index is 12.1. The molecule has 0 aliphatic heterocycles. The number of nitrogens with zero attached hydrogens (tertiary/aromatic N) is 4. The number of aromatic nitrogens is 4. The van der Waals surface area contributed by atoms with Crippen molar-refractivity contribution in [2.45, 2.75) is 6.54 Å². The summed E-state index contributed by atoms with van der Waals surface area (Å²) in [6.45, 7) is 0.172. The molecule has 0 saturated heterocycles. The van der Waals surface area contributed by atoms with Crippen LogP contribution in [0, 0.1) is 0 Å². The number of amides is 1. The van der Waals surface area contributed by atoms with Gasteiger partial charge in [0.15, 0.2) is 11.5 Å². The fraction of sp³-hybridized carbons (Fsp3) is 0.143. The van der Waals surface area contributed by atoms with E-state index in [0.717, 1.165) is 0 Å². The number of halogens is 1. The molecule has 0 saturated carbocycles. The first kappa shape index (κ1) is 14.3. The predicted molar refractivity (Wildman–Crippen MR) is 80.0 cm³/mol. The van der Waals surface area contributed by atoms with Crippen molar-refractivity contribution in [2.24, 2.45) is 0 Å². The fourth-order valence-electron chi connectivity index (χ4n) is 1.94. The molecule has 2 heterocycles. The summed E-state index contributed by atoms with van der Waals surface area (Å²) in [7, 11) is 1.53. The smallest absolute Gasteiger partial charge is 0.253 e. The topological polar surface area (TPSA) is 81.4 Å². The van der Waals surface area contributed by atoms with Crippen LogP contribution in [0.5, 0.6) is 5.88 Å². The van der Waals surface area contributed by atoms with Gasteiger partial charge in [-0.3, -0.25) is 4.79 Å². The molecule has 0 spiro atoms. The summed E-state index contributed by atoms with van der Waals surface area (Å²) in [6, 6.07) is 10.3. The molecule has 1 N–H and O–H groups in total. The van der Waals surface area contributed by atoms with E-state index in [4.69, 9.17) is 16.3 Å². The third-order valence-corrected chi connectivity index (χ3v) is 3.37. The number of rotatable bonds is 4. The lowest BCUT2D eigenvalue weighted by atomic mass is 10.2. The molecular weight excluding hydrogens is 306 g/mol. The molecule has 3 rings (SSSR count). The van der Waals surface area contributed by atoms with Gasteiger partial charge in [0.25, 0.3) is 5.91 Å². The summed E-state index contributed by atoms with van der Waals surface area (Å²) in [5.41, 5.74) is 0.978. The van der Waals surface area contributed by atoms with Crippen molar-refractivity contribution < 1.29 is 9.53 Å². The van der Waals surface area contributed by atoms with Gasteiger partial charge in [-0.1, -0.05) is 23.7 Å². The van der Waals surface area contributed by atoms with Crippen LogP contribution in [0.2, 0.25) is 5.02 Å². The maximum Gasteiger partial charge on any atom is 0.253 e. The highest BCUT2D eigenvalue weighted by atomic mass is 35.5. The van der Waals surface area contributed by atoms with Crippen LogP contribution in [0.3, 0.4) is 0 Å². The number of benzene rings is 1. The average Bonchev–Trinajstić information content (AvgIpc) is 2.95. The minimum atomic E-state index is -0.287. The first-order chi connectivity index (χ1) is 10.7. The third kappa shape index (κ3) is 2.71. The van der Waals surface area contributed by atoms with Gasteiger partial charge in [-0.25, -0.2) is 0 Å². The van der Waals surface area contributed by atoms with Gasteiger partial charge in [-0.2, -0.15) is 4.52 Å². The van der Waals surface area contributed by atoms with Gasteiger partial charge >= 0.3 is 0 Å². The van der Waals surface area contributed by atoms with Gasteiger partial charge in [0.1, 0.15) is 0 Å². The molecule has 7 nitrogen and oxygen atoms in total. The van der Waals surface area contributed by atoms with E-state index < -0.39 is 0 Å². The third-order valence-electron chi connectivity index (χ3n) is 3.04. The average molecular weight is 318 g/mol. The largest absolute Gasteiger partial charge is 0.480 e. The zero-order valence-electron chi connectivity index (χ0n) is 11.7. The van der Waals surface area contributed by atoms with E-state index in [1.54, 1.807) is 36.4 Å². The van der Waals surface area contributed by atoms with E-state index in [0.29, 0.717) is 27.9 Å². The molecule has 22 heavy (non-hydrogen) atoms. The Morgan fingerprint density at radius 2 is 2.09 bits per heavy atom. The Labute approximate surface area is 130 Å². The molecule has 0 bridgehead atoms. The molecule has 0 radical (unpaired) electrons. The van der Waals surface area contributed by atoms with Gasteiger partial charge in [0.05, 0.1) is 24.2 Å². The Hall–Kier alpha value is -2.67. The molecule has 0 fully saturated rings. The zero-order valence-corrected chi connectivity index (χ0v) is 12.4. The van der Waals surface area contributed by atoms with Gasteiger partial charge in [-0.15, -0.1) is 15.3 Å². The molecule has 0 aliphatic rings. The molecular formula is C14H12ClN5O2. The molecule has 3 aromatic rings. The number of carbonyl (C=O) groups excluding carboxylic acids is 1. The van der Waals surface area contributed by atoms with Crippen LogP contribution in [0.25, 0.3) is 5.65 Å². The Kier molecular flexibility index (Phi) is 3.88. The van der Waals surface area contributed by atoms with E-state index in [1.807, 2.05) is 0 Å². The van der Waals surface area contributed by atoms with Crippen LogP contribution in [-0.2, 0) is 6.54 Å². The van der Waals surface area contributed by atoms with Gasteiger partial charge < -0.3 is 10.1 Å². The molecule has 8 heteroatoms. The number of methoxy groups -OCH3 is 1. The van der Waals surface area contributed by atoms with Crippen LogP contribution in [0.1, 0.15) is 16.2 Å². The van der Waals surface area contributed by atoms with E-state index in [2.05, 4.69) is 20.6 Å². The number of fused-ring (bicyclic) bond motifs is 1. The molecule has 0 unspecified atom stereocenters. The van der Waals surface area contributed by atoms with Crippen LogP contribution in [0.15, 0.2) is 36.4 Å². The second-order valence-corrected chi connectivity index (χ2v) is 4.83. The SMILES string of the molecule is COc1ccc2nnc(CNC(=O)c3ccccc3Cl)n2n1. The summed E-state index contributed by atoms with van der Waals surface area (Å²) in [5.74, 6) is 0.644. The van der Waals surface area contributed by atoms with Gasteiger partial charge in [0.2, 0.25) is 5.88 Å². The molecule has 112 valence electrons. The second-order valence-electron chi connectivity index (χ2n) is 4.42. The standard InChI is InChI=1S/C14H12ClN5O2/c1-22-13-7-6-11-17-18-12(20(11)19-13)8-16-14(21)9-4-2-3-5-10(9)15/h2-7H,8H2,1H3,(H,16,21). The maximum atomic E-state index is 12.1. The monoisotopic (exact) mass is 317 g/mol. The molecule has 0 aliphatic carbocycles. The van der Waals surface area contributed by atoms with E-state index in [1.165, 1.54) is 11.6 Å². The van der Waals surface area contributed by atoms with Crippen molar-refractivity contribution in [2.75, 3.05) is 7.11 Å². The number of nitrogens with one attached hydrogen (secondary N) is 1. The number of carbonyl (C=O) groups is 1. The summed E-state index contributed by atoms with van der Waals surface area (Å²) >= 11 is 5.99. The van der Waals surface area contributed by atoms with Gasteiger partial charge in [-0.05, 0) is 18.2 Å². The molecule has 1 aromatic carbocycles. The van der Waals surface area contributed by atoms with Crippen molar-refractivity contribution >= 4 is 23.2 Å². The molecule has 0 atom stereocenters. The van der Waals surface area contributed by atoms with Crippen molar-refractivity contribution in [3.63, 3.8) is 0 Å². The number of hydrogen-bond acceptors (Lipinski definition) is 5. The first-order valence-corrected chi connectivity index (χ1v) is 6.85. The van der Waals surface area contributed by atoms with Crippen molar-refractivity contribution in [3.8, 4) is 5.88 Å². The Morgan fingerprint density at radius 1 is 1.27 bits per heavy atom. The van der Waals surface area contributed by atoms with Crippen LogP contribution in [0.4, 0.5) is 0 Å². The highest BCUT2D eigenvalue weighted by Crippen LogP contribution is 2.15. The summed E-state index contributed by atoms with van der Waals surface area (Å²) in [4.78, 5) is 12.1.